The van der Waals surface area contributed by atoms with Crippen molar-refractivity contribution in [1.29, 1.82) is 0 Å². The van der Waals surface area contributed by atoms with Crippen LogP contribution in [0, 0.1) is 0 Å². The van der Waals surface area contributed by atoms with Gasteiger partial charge in [-0.25, -0.2) is 4.98 Å². The van der Waals surface area contributed by atoms with Gasteiger partial charge in [0.1, 0.15) is 5.82 Å². The molecule has 0 radical (unpaired) electrons. The van der Waals surface area contributed by atoms with E-state index in [1.165, 1.54) is 22.9 Å². The zero-order valence-electron chi connectivity index (χ0n) is 14.3. The van der Waals surface area contributed by atoms with Crippen molar-refractivity contribution in [2.75, 3.05) is 11.4 Å². The van der Waals surface area contributed by atoms with E-state index in [1.807, 2.05) is 18.3 Å². The number of benzene rings is 1. The second-order valence-electron chi connectivity index (χ2n) is 6.74. The Morgan fingerprint density at radius 2 is 2.04 bits per heavy atom. The van der Waals surface area contributed by atoms with E-state index in [0.717, 1.165) is 35.4 Å². The first-order valence-corrected chi connectivity index (χ1v) is 8.76. The summed E-state index contributed by atoms with van der Waals surface area (Å²) >= 11 is 6.11. The second kappa shape index (κ2) is 5.78. The van der Waals surface area contributed by atoms with Crippen molar-refractivity contribution in [3.63, 3.8) is 0 Å². The average Bonchev–Trinajstić information content (AvgIpc) is 2.90. The van der Waals surface area contributed by atoms with E-state index in [0.29, 0.717) is 5.92 Å². The molecule has 1 aliphatic rings. The van der Waals surface area contributed by atoms with Crippen LogP contribution in [-0.4, -0.2) is 21.1 Å². The summed E-state index contributed by atoms with van der Waals surface area (Å²) in [4.78, 5) is 11.8. The summed E-state index contributed by atoms with van der Waals surface area (Å²) in [5.74, 6) is 1.62. The van der Waals surface area contributed by atoms with Crippen LogP contribution in [0.15, 0.2) is 30.5 Å². The molecule has 3 aromatic rings. The Morgan fingerprint density at radius 1 is 1.21 bits per heavy atom. The Balaban J connectivity index is 1.74. The van der Waals surface area contributed by atoms with Crippen molar-refractivity contribution in [2.45, 2.75) is 32.7 Å². The summed E-state index contributed by atoms with van der Waals surface area (Å²) in [5, 5.41) is 1.87. The molecule has 5 heteroatoms. The molecule has 0 fully saturated rings. The Bertz CT molecular complexity index is 913. The summed E-state index contributed by atoms with van der Waals surface area (Å²) in [6, 6.07) is 8.01. The maximum atomic E-state index is 6.11. The fourth-order valence-electron chi connectivity index (χ4n) is 3.65. The third kappa shape index (κ3) is 2.46. The molecule has 3 heterocycles. The molecular weight excluding hydrogens is 320 g/mol. The first-order valence-electron chi connectivity index (χ1n) is 8.38. The molecule has 0 saturated heterocycles. The van der Waals surface area contributed by atoms with Crippen LogP contribution in [0.5, 0.6) is 0 Å². The van der Waals surface area contributed by atoms with Crippen LogP contribution in [0.4, 0.5) is 5.69 Å². The third-order valence-electron chi connectivity index (χ3n) is 4.83. The molecule has 0 atom stereocenters. The van der Waals surface area contributed by atoms with Crippen LogP contribution in [0.25, 0.3) is 10.9 Å². The molecule has 0 N–H and O–H groups in total. The first kappa shape index (κ1) is 15.5. The zero-order valence-corrected chi connectivity index (χ0v) is 15.0. The second-order valence-corrected chi connectivity index (χ2v) is 7.18. The predicted octanol–water partition coefficient (Wildman–Crippen LogP) is 4.31. The summed E-state index contributed by atoms with van der Waals surface area (Å²) in [6.45, 7) is 6.24. The number of aromatic nitrogens is 3. The zero-order chi connectivity index (χ0) is 16.8. The van der Waals surface area contributed by atoms with Gasteiger partial charge in [-0.1, -0.05) is 25.4 Å². The van der Waals surface area contributed by atoms with Crippen LogP contribution < -0.4 is 4.90 Å². The van der Waals surface area contributed by atoms with Gasteiger partial charge in [-0.2, -0.15) is 0 Å². The van der Waals surface area contributed by atoms with E-state index in [9.17, 15) is 0 Å². The lowest BCUT2D eigenvalue weighted by atomic mass is 10.1. The highest BCUT2D eigenvalue weighted by Gasteiger charge is 2.24. The Morgan fingerprint density at radius 3 is 2.83 bits per heavy atom. The number of imidazole rings is 1. The fraction of sp³-hybridized carbons (Fsp3) is 0.368. The maximum absolute atomic E-state index is 6.11. The van der Waals surface area contributed by atoms with Crippen LogP contribution >= 0.6 is 11.6 Å². The van der Waals surface area contributed by atoms with E-state index in [4.69, 9.17) is 16.6 Å². The number of hydrogen-bond donors (Lipinski definition) is 0. The van der Waals surface area contributed by atoms with Crippen LogP contribution in [0.1, 0.15) is 37.0 Å². The number of pyridine rings is 1. The molecule has 0 bridgehead atoms. The van der Waals surface area contributed by atoms with Crippen molar-refractivity contribution < 1.29 is 0 Å². The van der Waals surface area contributed by atoms with Crippen LogP contribution in [0.2, 0.25) is 5.02 Å². The van der Waals surface area contributed by atoms with Crippen molar-refractivity contribution >= 4 is 28.2 Å². The Kier molecular flexibility index (Phi) is 3.72. The van der Waals surface area contributed by atoms with Gasteiger partial charge >= 0.3 is 0 Å². The lowest BCUT2D eigenvalue weighted by Gasteiger charge is -2.29. The van der Waals surface area contributed by atoms with E-state index in [2.05, 4.69) is 47.5 Å². The van der Waals surface area contributed by atoms with Crippen LogP contribution in [-0.2, 0) is 20.0 Å². The number of nitrogens with zero attached hydrogens (tertiary/aromatic N) is 4. The van der Waals surface area contributed by atoms with Gasteiger partial charge in [0, 0.05) is 53.9 Å². The van der Waals surface area contributed by atoms with Gasteiger partial charge in [0.2, 0.25) is 0 Å². The van der Waals surface area contributed by atoms with E-state index >= 15 is 0 Å². The Labute approximate surface area is 147 Å². The highest BCUT2D eigenvalue weighted by molar-refractivity contribution is 6.31. The van der Waals surface area contributed by atoms with Gasteiger partial charge < -0.3 is 9.47 Å². The minimum atomic E-state index is 0.443. The average molecular weight is 341 g/mol. The fourth-order valence-corrected chi connectivity index (χ4v) is 3.82. The van der Waals surface area contributed by atoms with Gasteiger partial charge in [-0.15, -0.1) is 0 Å². The van der Waals surface area contributed by atoms with Crippen molar-refractivity contribution in [1.82, 2.24) is 14.5 Å². The monoisotopic (exact) mass is 340 g/mol. The summed E-state index contributed by atoms with van der Waals surface area (Å²) in [6.07, 6.45) is 2.88. The van der Waals surface area contributed by atoms with Crippen LogP contribution in [0.3, 0.4) is 0 Å². The molecule has 0 unspecified atom stereocenters. The van der Waals surface area contributed by atoms with Crippen molar-refractivity contribution in [2.24, 2.45) is 7.05 Å². The van der Waals surface area contributed by atoms with Crippen molar-refractivity contribution in [3.8, 4) is 0 Å². The van der Waals surface area contributed by atoms with Gasteiger partial charge in [0.15, 0.2) is 0 Å². The molecule has 0 saturated carbocycles. The van der Waals surface area contributed by atoms with Gasteiger partial charge in [-0.05, 0) is 24.3 Å². The SMILES string of the molecule is CC(C)c1nc2c(n1C)CCN(c1ccnc3cc(Cl)ccc13)C2. The highest BCUT2D eigenvalue weighted by Crippen LogP contribution is 2.31. The lowest BCUT2D eigenvalue weighted by molar-refractivity contribution is 0.663. The summed E-state index contributed by atoms with van der Waals surface area (Å²) in [7, 11) is 2.14. The highest BCUT2D eigenvalue weighted by atomic mass is 35.5. The van der Waals surface area contributed by atoms with E-state index in [1.54, 1.807) is 0 Å². The smallest absolute Gasteiger partial charge is 0.111 e. The molecule has 1 aliphatic heterocycles. The molecule has 4 nitrogen and oxygen atoms in total. The molecule has 24 heavy (non-hydrogen) atoms. The number of anilines is 1. The molecule has 4 rings (SSSR count). The molecule has 0 amide bonds. The molecular formula is C19H21ClN4. The van der Waals surface area contributed by atoms with Gasteiger partial charge in [0.25, 0.3) is 0 Å². The first-order chi connectivity index (χ1) is 11.5. The minimum Gasteiger partial charge on any atom is -0.365 e. The topological polar surface area (TPSA) is 34.0 Å². The summed E-state index contributed by atoms with van der Waals surface area (Å²) in [5.41, 5.74) is 4.72. The largest absolute Gasteiger partial charge is 0.365 e. The van der Waals surface area contributed by atoms with E-state index in [-0.39, 0.29) is 0 Å². The molecule has 124 valence electrons. The quantitative estimate of drug-likeness (QED) is 0.697. The minimum absolute atomic E-state index is 0.443. The third-order valence-corrected chi connectivity index (χ3v) is 5.06. The van der Waals surface area contributed by atoms with Gasteiger partial charge in [0.05, 0.1) is 17.8 Å². The standard InChI is InChI=1S/C19H21ClN4/c1-12(2)19-22-16-11-24(9-7-18(16)23(19)3)17-6-8-21-15-10-13(20)4-5-14(15)17/h4-6,8,10,12H,7,9,11H2,1-3H3. The number of halogens is 1. The van der Waals surface area contributed by atoms with Crippen molar-refractivity contribution in [3.05, 3.63) is 52.7 Å². The number of hydrogen-bond acceptors (Lipinski definition) is 3. The van der Waals surface area contributed by atoms with Gasteiger partial charge in [-0.3, -0.25) is 4.98 Å². The Hall–Kier alpha value is -2.07. The maximum Gasteiger partial charge on any atom is 0.111 e. The molecule has 1 aromatic carbocycles. The molecule has 0 spiro atoms. The summed E-state index contributed by atoms with van der Waals surface area (Å²) < 4.78 is 2.28. The lowest BCUT2D eigenvalue weighted by Crippen LogP contribution is -2.31. The predicted molar refractivity (Wildman–Crippen MR) is 98.8 cm³/mol. The number of fused-ring (bicyclic) bond motifs is 2. The molecule has 2 aromatic heterocycles. The molecule has 0 aliphatic carbocycles. The number of rotatable bonds is 2. The normalized spacial score (nSPS) is 14.5. The van der Waals surface area contributed by atoms with E-state index < -0.39 is 0 Å².